The molecule has 0 saturated carbocycles. The van der Waals surface area contributed by atoms with E-state index in [9.17, 15) is 0 Å². The Kier molecular flexibility index (Phi) is 12.9. The van der Waals surface area contributed by atoms with Crippen molar-refractivity contribution in [2.24, 2.45) is 9.98 Å². The first kappa shape index (κ1) is 30.8. The van der Waals surface area contributed by atoms with Crippen LogP contribution in [0.4, 0.5) is 11.4 Å². The molecule has 0 bridgehead atoms. The molecule has 2 aromatic carbocycles. The summed E-state index contributed by atoms with van der Waals surface area (Å²) in [6.07, 6.45) is 4.02. The monoisotopic (exact) mass is 584 g/mol. The van der Waals surface area contributed by atoms with Gasteiger partial charge in [-0.05, 0) is 58.1 Å². The quantitative estimate of drug-likeness (QED) is 0.186. The minimum atomic E-state index is 0.194. The van der Waals surface area contributed by atoms with E-state index in [4.69, 9.17) is 30.2 Å². The molecule has 3 aromatic rings. The van der Waals surface area contributed by atoms with Crippen LogP contribution in [0.2, 0.25) is 0 Å². The summed E-state index contributed by atoms with van der Waals surface area (Å²) in [6.45, 7) is 17.9. The molecule has 0 aliphatic rings. The van der Waals surface area contributed by atoms with Crippen molar-refractivity contribution in [1.82, 2.24) is 0 Å². The Morgan fingerprint density at radius 3 is 1.11 bits per heavy atom. The predicted octanol–water partition coefficient (Wildman–Crippen LogP) is 11.1. The molecule has 0 N–H and O–H groups in total. The third-order valence-corrected chi connectivity index (χ3v) is 6.93. The molecule has 0 spiro atoms. The summed E-state index contributed by atoms with van der Waals surface area (Å²) in [6, 6.07) is 17.4. The van der Waals surface area contributed by atoms with Gasteiger partial charge in [0.1, 0.15) is 0 Å². The fourth-order valence-corrected chi connectivity index (χ4v) is 4.84. The van der Waals surface area contributed by atoms with Crippen LogP contribution in [0.5, 0.6) is 0 Å². The third-order valence-electron chi connectivity index (χ3n) is 5.97. The van der Waals surface area contributed by atoms with E-state index in [-0.39, 0.29) is 13.1 Å². The molecule has 0 saturated heterocycles. The molecule has 0 aliphatic heterocycles. The number of aliphatic imine (C=N–C) groups is 2. The molecule has 3 rings (SSSR count). The van der Waals surface area contributed by atoms with Crippen molar-refractivity contribution >= 4 is 55.3 Å². The van der Waals surface area contributed by atoms with E-state index < -0.39 is 0 Å². The molecule has 0 radical (unpaired) electrons. The first-order chi connectivity index (χ1) is 17.1. The van der Waals surface area contributed by atoms with Crippen LogP contribution in [-0.4, -0.2) is 12.4 Å². The SMILES string of the molecule is CC(C)c1cccc(C(C)C)c1N=Cc1ccc(C=Nc2c(C(C)C)cccc2C(C)C)s1.[Cl][Fe][Cl]. The number of para-hydroxylation sites is 2. The summed E-state index contributed by atoms with van der Waals surface area (Å²) >= 11 is 1.92. The molecule has 0 fully saturated rings. The van der Waals surface area contributed by atoms with Crippen molar-refractivity contribution in [1.29, 1.82) is 0 Å². The van der Waals surface area contributed by atoms with E-state index in [1.807, 2.05) is 12.4 Å². The van der Waals surface area contributed by atoms with Gasteiger partial charge in [-0.2, -0.15) is 0 Å². The van der Waals surface area contributed by atoms with Crippen LogP contribution < -0.4 is 0 Å². The van der Waals surface area contributed by atoms with E-state index in [0.717, 1.165) is 21.1 Å². The molecule has 1 aromatic heterocycles. The summed E-state index contributed by atoms with van der Waals surface area (Å²) in [4.78, 5) is 12.2. The zero-order valence-corrected chi connectivity index (χ0v) is 25.9. The average Bonchev–Trinajstić information content (AvgIpc) is 3.28. The van der Waals surface area contributed by atoms with Gasteiger partial charge in [-0.25, -0.2) is 0 Å². The van der Waals surface area contributed by atoms with Crippen molar-refractivity contribution in [3.8, 4) is 0 Å². The maximum absolute atomic E-state index is 4.97. The van der Waals surface area contributed by atoms with Crippen molar-refractivity contribution in [2.45, 2.75) is 79.1 Å². The Hall–Kier alpha value is -1.42. The summed E-state index contributed by atoms with van der Waals surface area (Å²) < 4.78 is 0. The van der Waals surface area contributed by atoms with Crippen LogP contribution >= 0.6 is 31.5 Å². The molecule has 6 heteroatoms. The number of thiophene rings is 1. The van der Waals surface area contributed by atoms with Crippen LogP contribution in [0, 0.1) is 0 Å². The number of hydrogen-bond donors (Lipinski definition) is 0. The number of benzene rings is 2. The number of rotatable bonds is 8. The zero-order valence-electron chi connectivity index (χ0n) is 22.5. The second-order valence-electron chi connectivity index (χ2n) is 10.00. The fraction of sp³-hybridized carbons (Fsp3) is 0.400. The Labute approximate surface area is 236 Å². The first-order valence-corrected chi connectivity index (χ1v) is 16.2. The van der Waals surface area contributed by atoms with Crippen molar-refractivity contribution in [3.63, 3.8) is 0 Å². The average molecular weight is 585 g/mol. The summed E-state index contributed by atoms with van der Waals surface area (Å²) in [5.41, 5.74) is 7.48. The number of halogens is 2. The molecule has 0 unspecified atom stereocenters. The Morgan fingerprint density at radius 1 is 0.583 bits per heavy atom. The molecule has 36 heavy (non-hydrogen) atoms. The molecule has 196 valence electrons. The maximum atomic E-state index is 4.97. The van der Waals surface area contributed by atoms with Gasteiger partial charge in [0.25, 0.3) is 0 Å². The molecular weight excluding hydrogens is 547 g/mol. The van der Waals surface area contributed by atoms with Gasteiger partial charge in [0, 0.05) is 22.2 Å². The van der Waals surface area contributed by atoms with Crippen LogP contribution in [0.1, 0.15) is 111 Å². The molecule has 2 nitrogen and oxygen atoms in total. The van der Waals surface area contributed by atoms with E-state index in [0.29, 0.717) is 23.7 Å². The summed E-state index contributed by atoms with van der Waals surface area (Å²) in [7, 11) is 9.53. The van der Waals surface area contributed by atoms with Crippen molar-refractivity contribution < 1.29 is 13.1 Å². The minimum absolute atomic E-state index is 0.194. The van der Waals surface area contributed by atoms with Gasteiger partial charge in [-0.3, -0.25) is 9.98 Å². The van der Waals surface area contributed by atoms with Crippen LogP contribution in [0.25, 0.3) is 0 Å². The van der Waals surface area contributed by atoms with E-state index >= 15 is 0 Å². The van der Waals surface area contributed by atoms with Gasteiger partial charge >= 0.3 is 33.3 Å². The Morgan fingerprint density at radius 2 is 0.861 bits per heavy atom. The predicted molar refractivity (Wildman–Crippen MR) is 160 cm³/mol. The molecule has 0 atom stereocenters. The van der Waals surface area contributed by atoms with Crippen molar-refractivity contribution in [3.05, 3.63) is 80.5 Å². The zero-order chi connectivity index (χ0) is 26.8. The van der Waals surface area contributed by atoms with E-state index in [2.05, 4.69) is 104 Å². The standard InChI is InChI=1S/C30H38N2S.2ClH.Fe/c1-19(2)25-11-9-12-26(20(3)4)29(25)31-17-23-15-16-24(33-23)18-32-30-27(21(5)6)13-10-14-28(30)22(7)8;;;/h9-22H,1-8H3;2*1H;/q;;;+2/p-2. The fourth-order valence-electron chi connectivity index (χ4n) is 4.09. The summed E-state index contributed by atoms with van der Waals surface area (Å²) in [5, 5.41) is 0. The first-order valence-electron chi connectivity index (χ1n) is 12.4. The van der Waals surface area contributed by atoms with Crippen LogP contribution in [0.15, 0.2) is 58.5 Å². The van der Waals surface area contributed by atoms with E-state index in [1.54, 1.807) is 11.3 Å². The topological polar surface area (TPSA) is 24.7 Å². The van der Waals surface area contributed by atoms with Gasteiger partial charge in [-0.1, -0.05) is 91.8 Å². The number of hydrogen-bond acceptors (Lipinski definition) is 3. The third kappa shape index (κ3) is 8.57. The molecular formula is C30H38Cl2FeN2S. The van der Waals surface area contributed by atoms with E-state index in [1.165, 1.54) is 22.3 Å². The van der Waals surface area contributed by atoms with Gasteiger partial charge < -0.3 is 0 Å². The van der Waals surface area contributed by atoms with Crippen molar-refractivity contribution in [2.75, 3.05) is 0 Å². The van der Waals surface area contributed by atoms with Crippen LogP contribution in [-0.2, 0) is 13.1 Å². The second-order valence-corrected chi connectivity index (χ2v) is 13.0. The van der Waals surface area contributed by atoms with Crippen LogP contribution in [0.3, 0.4) is 0 Å². The molecule has 0 aliphatic carbocycles. The molecule has 1 heterocycles. The second kappa shape index (κ2) is 15.1. The normalized spacial score (nSPS) is 12.1. The van der Waals surface area contributed by atoms with Gasteiger partial charge in [0.05, 0.1) is 11.4 Å². The Balaban J connectivity index is 0.00000145. The summed E-state index contributed by atoms with van der Waals surface area (Å²) in [5.74, 6) is 1.77. The van der Waals surface area contributed by atoms with Gasteiger partial charge in [0.15, 0.2) is 0 Å². The molecule has 0 amide bonds. The Bertz CT molecular complexity index is 1020. The number of nitrogens with zero attached hydrogens (tertiary/aromatic N) is 2. The van der Waals surface area contributed by atoms with Gasteiger partial charge in [-0.15, -0.1) is 11.3 Å². The van der Waals surface area contributed by atoms with Gasteiger partial charge in [0.2, 0.25) is 0 Å².